The van der Waals surface area contributed by atoms with Gasteiger partial charge >= 0.3 is 0 Å². The molecule has 7 aromatic carbocycles. The maximum Gasteiger partial charge on any atom is -0.00204 e. The smallest absolute Gasteiger partial charge is 0.00204 e. The van der Waals surface area contributed by atoms with Crippen LogP contribution in [0.15, 0.2) is 127 Å². The van der Waals surface area contributed by atoms with E-state index in [0.29, 0.717) is 0 Å². The van der Waals surface area contributed by atoms with E-state index in [1.54, 1.807) is 0 Å². The Hall–Kier alpha value is -4.42. The van der Waals surface area contributed by atoms with Gasteiger partial charge < -0.3 is 0 Å². The van der Waals surface area contributed by atoms with Gasteiger partial charge in [-0.2, -0.15) is 0 Å². The standard InChI is InChI=1S/C38H30/c1-38(2,3)37-34-19-9-8-18-32(34)36(31-21-11-15-26-13-5-7-17-29(26)31)33-23-22-27(24-35(33)37)30-20-10-14-25-12-4-6-16-28(25)30/h4-24H,1-3H3. The second-order valence-electron chi connectivity index (χ2n) is 11.4. The van der Waals surface area contributed by atoms with Crippen LogP contribution in [0.4, 0.5) is 0 Å². The van der Waals surface area contributed by atoms with Crippen LogP contribution in [0.25, 0.3) is 65.3 Å². The van der Waals surface area contributed by atoms with Crippen molar-refractivity contribution >= 4 is 43.1 Å². The molecule has 182 valence electrons. The molecule has 0 bridgehead atoms. The minimum absolute atomic E-state index is 0.0213. The van der Waals surface area contributed by atoms with Crippen LogP contribution < -0.4 is 0 Å². The summed E-state index contributed by atoms with van der Waals surface area (Å²) in [6, 6.07) is 46.9. The third kappa shape index (κ3) is 3.52. The number of hydrogen-bond donors (Lipinski definition) is 0. The van der Waals surface area contributed by atoms with Gasteiger partial charge in [0.15, 0.2) is 0 Å². The van der Waals surface area contributed by atoms with Crippen LogP contribution in [-0.2, 0) is 5.41 Å². The van der Waals surface area contributed by atoms with Crippen molar-refractivity contribution in [3.8, 4) is 22.3 Å². The van der Waals surface area contributed by atoms with E-state index in [9.17, 15) is 0 Å². The van der Waals surface area contributed by atoms with Gasteiger partial charge in [0.25, 0.3) is 0 Å². The molecule has 0 amide bonds. The Morgan fingerprint density at radius 3 is 1.55 bits per heavy atom. The van der Waals surface area contributed by atoms with Gasteiger partial charge in [0.1, 0.15) is 0 Å². The van der Waals surface area contributed by atoms with Crippen molar-refractivity contribution in [2.24, 2.45) is 0 Å². The molecule has 0 aromatic heterocycles. The Kier molecular flexibility index (Phi) is 5.13. The zero-order valence-corrected chi connectivity index (χ0v) is 22.1. The predicted octanol–water partition coefficient (Wildman–Crippen LogP) is 10.9. The third-order valence-corrected chi connectivity index (χ3v) is 7.93. The summed E-state index contributed by atoms with van der Waals surface area (Å²) in [5.74, 6) is 0. The van der Waals surface area contributed by atoms with E-state index in [4.69, 9.17) is 0 Å². The minimum atomic E-state index is -0.0213. The average Bonchev–Trinajstić information content (AvgIpc) is 2.94. The largest absolute Gasteiger partial charge is 0.0616 e. The normalized spacial score (nSPS) is 12.1. The SMILES string of the molecule is CC(C)(C)c1c2ccccc2c(-c2cccc3ccccc23)c2ccc(-c3cccc4ccccc34)cc12. The van der Waals surface area contributed by atoms with Gasteiger partial charge in [-0.3, -0.25) is 0 Å². The molecule has 0 aliphatic heterocycles. The molecule has 0 heterocycles. The van der Waals surface area contributed by atoms with Crippen molar-refractivity contribution in [3.63, 3.8) is 0 Å². The maximum atomic E-state index is 2.44. The minimum Gasteiger partial charge on any atom is -0.0616 e. The maximum absolute atomic E-state index is 2.44. The van der Waals surface area contributed by atoms with Crippen LogP contribution in [0.5, 0.6) is 0 Å². The van der Waals surface area contributed by atoms with Crippen molar-refractivity contribution in [2.45, 2.75) is 26.2 Å². The van der Waals surface area contributed by atoms with Crippen molar-refractivity contribution in [2.75, 3.05) is 0 Å². The number of rotatable bonds is 2. The fraction of sp³-hybridized carbons (Fsp3) is 0.105. The summed E-state index contributed by atoms with van der Waals surface area (Å²) in [7, 11) is 0. The fourth-order valence-corrected chi connectivity index (χ4v) is 6.36. The lowest BCUT2D eigenvalue weighted by molar-refractivity contribution is 0.601. The highest BCUT2D eigenvalue weighted by Crippen LogP contribution is 2.46. The van der Waals surface area contributed by atoms with E-state index in [0.717, 1.165) is 0 Å². The lowest BCUT2D eigenvalue weighted by atomic mass is 9.77. The summed E-state index contributed by atoms with van der Waals surface area (Å²) >= 11 is 0. The number of hydrogen-bond acceptors (Lipinski definition) is 0. The molecule has 0 N–H and O–H groups in total. The van der Waals surface area contributed by atoms with Crippen molar-refractivity contribution in [3.05, 3.63) is 133 Å². The first kappa shape index (κ1) is 22.8. The van der Waals surface area contributed by atoms with E-state index in [1.807, 2.05) is 0 Å². The summed E-state index contributed by atoms with van der Waals surface area (Å²) in [5.41, 5.74) is 6.55. The Labute approximate surface area is 224 Å². The summed E-state index contributed by atoms with van der Waals surface area (Å²) in [4.78, 5) is 0. The number of benzene rings is 7. The highest BCUT2D eigenvalue weighted by molar-refractivity contribution is 6.19. The predicted molar refractivity (Wildman–Crippen MR) is 166 cm³/mol. The zero-order valence-electron chi connectivity index (χ0n) is 22.1. The van der Waals surface area contributed by atoms with Gasteiger partial charge in [0, 0.05) is 0 Å². The van der Waals surface area contributed by atoms with Crippen LogP contribution in [0.2, 0.25) is 0 Å². The lowest BCUT2D eigenvalue weighted by Crippen LogP contribution is -2.13. The van der Waals surface area contributed by atoms with E-state index >= 15 is 0 Å². The molecular weight excluding hydrogens is 456 g/mol. The van der Waals surface area contributed by atoms with E-state index in [2.05, 4.69) is 148 Å². The average molecular weight is 487 g/mol. The van der Waals surface area contributed by atoms with Crippen LogP contribution >= 0.6 is 0 Å². The van der Waals surface area contributed by atoms with Gasteiger partial charge in [-0.25, -0.2) is 0 Å². The van der Waals surface area contributed by atoms with E-state index in [1.165, 1.54) is 70.9 Å². The van der Waals surface area contributed by atoms with E-state index in [-0.39, 0.29) is 5.41 Å². The first-order chi connectivity index (χ1) is 18.5. The first-order valence-corrected chi connectivity index (χ1v) is 13.5. The molecule has 0 unspecified atom stereocenters. The molecule has 38 heavy (non-hydrogen) atoms. The number of fused-ring (bicyclic) bond motifs is 4. The Bertz CT molecular complexity index is 1990. The molecule has 0 fully saturated rings. The van der Waals surface area contributed by atoms with Crippen LogP contribution in [-0.4, -0.2) is 0 Å². The van der Waals surface area contributed by atoms with Gasteiger partial charge in [-0.1, -0.05) is 142 Å². The highest BCUT2D eigenvalue weighted by atomic mass is 14.3. The summed E-state index contributed by atoms with van der Waals surface area (Å²) < 4.78 is 0. The van der Waals surface area contributed by atoms with Gasteiger partial charge in [-0.15, -0.1) is 0 Å². The molecule has 0 heteroatoms. The molecule has 0 saturated heterocycles. The zero-order chi connectivity index (χ0) is 25.9. The fourth-order valence-electron chi connectivity index (χ4n) is 6.36. The lowest BCUT2D eigenvalue weighted by Gasteiger charge is -2.27. The van der Waals surface area contributed by atoms with Crippen LogP contribution in [0.1, 0.15) is 26.3 Å². The molecule has 0 spiro atoms. The second kappa shape index (κ2) is 8.57. The molecule has 0 saturated carbocycles. The summed E-state index contributed by atoms with van der Waals surface area (Å²) in [6.07, 6.45) is 0. The van der Waals surface area contributed by atoms with Crippen LogP contribution in [0, 0.1) is 0 Å². The van der Waals surface area contributed by atoms with Gasteiger partial charge in [0.2, 0.25) is 0 Å². The monoisotopic (exact) mass is 486 g/mol. The quantitative estimate of drug-likeness (QED) is 0.213. The molecular formula is C38H30. The Morgan fingerprint density at radius 1 is 0.395 bits per heavy atom. The van der Waals surface area contributed by atoms with Gasteiger partial charge in [-0.05, 0) is 82.4 Å². The first-order valence-electron chi connectivity index (χ1n) is 13.5. The molecule has 7 rings (SSSR count). The van der Waals surface area contributed by atoms with Crippen LogP contribution in [0.3, 0.4) is 0 Å². The molecule has 0 aliphatic rings. The Balaban J connectivity index is 1.65. The van der Waals surface area contributed by atoms with Crippen molar-refractivity contribution in [1.82, 2.24) is 0 Å². The molecule has 0 aliphatic carbocycles. The Morgan fingerprint density at radius 2 is 0.895 bits per heavy atom. The van der Waals surface area contributed by atoms with E-state index < -0.39 is 0 Å². The second-order valence-corrected chi connectivity index (χ2v) is 11.4. The summed E-state index contributed by atoms with van der Waals surface area (Å²) in [6.45, 7) is 7.03. The van der Waals surface area contributed by atoms with Crippen molar-refractivity contribution < 1.29 is 0 Å². The molecule has 0 nitrogen and oxygen atoms in total. The van der Waals surface area contributed by atoms with Crippen molar-refractivity contribution in [1.29, 1.82) is 0 Å². The molecule has 7 aromatic rings. The highest BCUT2D eigenvalue weighted by Gasteiger charge is 2.24. The summed E-state index contributed by atoms with van der Waals surface area (Å²) in [5, 5.41) is 10.4. The van der Waals surface area contributed by atoms with Gasteiger partial charge in [0.05, 0.1) is 0 Å². The third-order valence-electron chi connectivity index (χ3n) is 7.93. The topological polar surface area (TPSA) is 0 Å². The molecule has 0 radical (unpaired) electrons. The molecule has 0 atom stereocenters.